The van der Waals surface area contributed by atoms with Crippen molar-refractivity contribution in [2.24, 2.45) is 0 Å². The third-order valence-corrected chi connectivity index (χ3v) is 1.54. The number of amides is 1. The molecule has 64 valence electrons. The maximum atomic E-state index is 12.4. The van der Waals surface area contributed by atoms with E-state index >= 15 is 0 Å². The Kier molecular flexibility index (Phi) is 2.08. The fraction of sp³-hybridized carbons (Fsp3) is 0.833. The van der Waals surface area contributed by atoms with Crippen LogP contribution in [0.4, 0.5) is 8.78 Å². The molecule has 1 N–H and O–H groups in total. The molecule has 1 amide bonds. The molecular formula is C6H9F2NO2. The predicted octanol–water partition coefficient (Wildman–Crippen LogP) is 0.157. The monoisotopic (exact) mass is 165 g/mol. The van der Waals surface area contributed by atoms with E-state index < -0.39 is 24.3 Å². The molecule has 0 aliphatic carbocycles. The Labute approximate surface area is 62.7 Å². The average Bonchev–Trinajstić information content (AvgIpc) is 2.08. The van der Waals surface area contributed by atoms with Crippen molar-refractivity contribution in [3.05, 3.63) is 0 Å². The van der Waals surface area contributed by atoms with Crippen LogP contribution >= 0.6 is 0 Å². The van der Waals surface area contributed by atoms with Gasteiger partial charge in [0.15, 0.2) is 0 Å². The minimum atomic E-state index is -3.21. The van der Waals surface area contributed by atoms with E-state index in [1.54, 1.807) is 0 Å². The summed E-state index contributed by atoms with van der Waals surface area (Å²) >= 11 is 0. The van der Waals surface area contributed by atoms with Crippen LogP contribution in [0.2, 0.25) is 0 Å². The largest absolute Gasteiger partial charge is 0.383 e. The van der Waals surface area contributed by atoms with Crippen LogP contribution in [0.25, 0.3) is 0 Å². The van der Waals surface area contributed by atoms with E-state index in [0.717, 1.165) is 0 Å². The van der Waals surface area contributed by atoms with Gasteiger partial charge in [-0.15, -0.1) is 0 Å². The second-order valence-corrected chi connectivity index (χ2v) is 2.53. The lowest BCUT2D eigenvalue weighted by atomic mass is 10.2. The molecule has 1 fully saturated rings. The molecule has 0 unspecified atom stereocenters. The number of nitrogens with one attached hydrogen (secondary N) is 1. The molecule has 0 aromatic carbocycles. The normalized spacial score (nSPS) is 28.6. The molecule has 0 aromatic heterocycles. The van der Waals surface area contributed by atoms with Crippen LogP contribution < -0.4 is 5.32 Å². The highest BCUT2D eigenvalue weighted by Gasteiger charge is 2.47. The first-order valence-corrected chi connectivity index (χ1v) is 3.24. The van der Waals surface area contributed by atoms with Crippen LogP contribution in [0, 0.1) is 0 Å². The summed E-state index contributed by atoms with van der Waals surface area (Å²) in [4.78, 5) is 10.5. The van der Waals surface area contributed by atoms with E-state index in [9.17, 15) is 13.6 Å². The fourth-order valence-corrected chi connectivity index (χ4v) is 1.05. The van der Waals surface area contributed by atoms with Gasteiger partial charge in [0.1, 0.15) is 0 Å². The van der Waals surface area contributed by atoms with Crippen molar-refractivity contribution in [1.82, 2.24) is 5.32 Å². The van der Waals surface area contributed by atoms with Crippen LogP contribution in [-0.4, -0.2) is 31.6 Å². The molecule has 0 bridgehead atoms. The van der Waals surface area contributed by atoms with Crippen LogP contribution in [0.15, 0.2) is 0 Å². The zero-order chi connectivity index (χ0) is 8.48. The highest BCUT2D eigenvalue weighted by molar-refractivity contribution is 5.85. The Balaban J connectivity index is 2.50. The van der Waals surface area contributed by atoms with Crippen molar-refractivity contribution in [3.8, 4) is 0 Å². The van der Waals surface area contributed by atoms with E-state index in [1.807, 2.05) is 0 Å². The van der Waals surface area contributed by atoms with Gasteiger partial charge in [0.05, 0.1) is 12.6 Å². The zero-order valence-electron chi connectivity index (χ0n) is 6.06. The number of hydrogen-bond donors (Lipinski definition) is 1. The number of halogens is 2. The van der Waals surface area contributed by atoms with E-state index in [4.69, 9.17) is 0 Å². The van der Waals surface area contributed by atoms with Crippen molar-refractivity contribution >= 4 is 5.91 Å². The first-order valence-electron chi connectivity index (χ1n) is 3.24. The standard InChI is InChI=1S/C6H9F2NO2/c1-11-3-4-2-6(7,8)5(10)9-4/h4H,2-3H2,1H3,(H,9,10)/t4-/m1/s1. The van der Waals surface area contributed by atoms with Gasteiger partial charge >= 0.3 is 5.92 Å². The van der Waals surface area contributed by atoms with Crippen molar-refractivity contribution in [3.63, 3.8) is 0 Å². The van der Waals surface area contributed by atoms with Crippen LogP contribution in [0.1, 0.15) is 6.42 Å². The second-order valence-electron chi connectivity index (χ2n) is 2.53. The molecule has 1 heterocycles. The Hall–Kier alpha value is -0.710. The van der Waals surface area contributed by atoms with Gasteiger partial charge in [-0.05, 0) is 0 Å². The Morgan fingerprint density at radius 2 is 2.45 bits per heavy atom. The number of methoxy groups -OCH3 is 1. The van der Waals surface area contributed by atoms with Crippen molar-refractivity contribution < 1.29 is 18.3 Å². The van der Waals surface area contributed by atoms with E-state index in [-0.39, 0.29) is 6.61 Å². The maximum absolute atomic E-state index is 12.4. The molecule has 0 spiro atoms. The van der Waals surface area contributed by atoms with E-state index in [0.29, 0.717) is 0 Å². The number of alkyl halides is 2. The lowest BCUT2D eigenvalue weighted by Crippen LogP contribution is -2.32. The van der Waals surface area contributed by atoms with Crippen LogP contribution in [0.5, 0.6) is 0 Å². The minimum absolute atomic E-state index is 0.140. The summed E-state index contributed by atoms with van der Waals surface area (Å²) in [7, 11) is 1.41. The number of carbonyl (C=O) groups is 1. The molecular weight excluding hydrogens is 156 g/mol. The highest BCUT2D eigenvalue weighted by atomic mass is 19.3. The highest BCUT2D eigenvalue weighted by Crippen LogP contribution is 2.26. The summed E-state index contributed by atoms with van der Waals surface area (Å²) in [5.74, 6) is -4.40. The average molecular weight is 165 g/mol. The first-order chi connectivity index (χ1) is 5.06. The second kappa shape index (κ2) is 2.73. The van der Waals surface area contributed by atoms with Gasteiger partial charge in [0, 0.05) is 13.5 Å². The fourth-order valence-electron chi connectivity index (χ4n) is 1.05. The summed E-state index contributed by atoms with van der Waals surface area (Å²) in [6.45, 7) is 0.140. The summed E-state index contributed by atoms with van der Waals surface area (Å²) in [6, 6.07) is -0.539. The van der Waals surface area contributed by atoms with Crippen LogP contribution in [-0.2, 0) is 9.53 Å². The number of rotatable bonds is 2. The van der Waals surface area contributed by atoms with Gasteiger partial charge in [0.25, 0.3) is 5.91 Å². The molecule has 1 saturated heterocycles. The third-order valence-electron chi connectivity index (χ3n) is 1.54. The van der Waals surface area contributed by atoms with Crippen molar-refractivity contribution in [1.29, 1.82) is 0 Å². The van der Waals surface area contributed by atoms with Gasteiger partial charge in [-0.1, -0.05) is 0 Å². The molecule has 1 aliphatic heterocycles. The molecule has 11 heavy (non-hydrogen) atoms. The number of hydrogen-bond acceptors (Lipinski definition) is 2. The van der Waals surface area contributed by atoms with E-state index in [2.05, 4.69) is 10.1 Å². The Bertz CT molecular complexity index is 172. The number of carbonyl (C=O) groups excluding carboxylic acids is 1. The Morgan fingerprint density at radius 3 is 2.82 bits per heavy atom. The molecule has 0 radical (unpaired) electrons. The van der Waals surface area contributed by atoms with Crippen molar-refractivity contribution in [2.75, 3.05) is 13.7 Å². The van der Waals surface area contributed by atoms with E-state index in [1.165, 1.54) is 7.11 Å². The van der Waals surface area contributed by atoms with Gasteiger partial charge < -0.3 is 10.1 Å². The minimum Gasteiger partial charge on any atom is -0.383 e. The zero-order valence-corrected chi connectivity index (χ0v) is 6.06. The topological polar surface area (TPSA) is 38.3 Å². The van der Waals surface area contributed by atoms with Crippen LogP contribution in [0.3, 0.4) is 0 Å². The Morgan fingerprint density at radius 1 is 1.82 bits per heavy atom. The SMILES string of the molecule is COC[C@H]1CC(F)(F)C(=O)N1. The maximum Gasteiger partial charge on any atom is 0.326 e. The quantitative estimate of drug-likeness (QED) is 0.632. The summed E-state index contributed by atoms with van der Waals surface area (Å²) in [5, 5.41) is 2.13. The molecule has 1 atom stereocenters. The van der Waals surface area contributed by atoms with Gasteiger partial charge in [-0.25, -0.2) is 0 Å². The number of ether oxygens (including phenoxy) is 1. The van der Waals surface area contributed by atoms with Gasteiger partial charge in [-0.3, -0.25) is 4.79 Å². The summed E-state index contributed by atoms with van der Waals surface area (Å²) in [5.41, 5.74) is 0. The first kappa shape index (κ1) is 8.39. The lowest BCUT2D eigenvalue weighted by Gasteiger charge is -2.05. The molecule has 0 saturated carbocycles. The van der Waals surface area contributed by atoms with Gasteiger partial charge in [-0.2, -0.15) is 8.78 Å². The van der Waals surface area contributed by atoms with Gasteiger partial charge in [0.2, 0.25) is 0 Å². The summed E-state index contributed by atoms with van der Waals surface area (Å²) in [6.07, 6.45) is -0.459. The molecule has 1 aliphatic rings. The molecule has 3 nitrogen and oxygen atoms in total. The molecule has 1 rings (SSSR count). The molecule has 5 heteroatoms. The lowest BCUT2D eigenvalue weighted by molar-refractivity contribution is -0.139. The smallest absolute Gasteiger partial charge is 0.326 e. The summed E-state index contributed by atoms with van der Waals surface area (Å²) < 4.78 is 29.5. The van der Waals surface area contributed by atoms with Crippen molar-refractivity contribution in [2.45, 2.75) is 18.4 Å². The molecule has 0 aromatic rings. The third kappa shape index (κ3) is 1.65. The predicted molar refractivity (Wildman–Crippen MR) is 33.4 cm³/mol.